The van der Waals surface area contributed by atoms with E-state index >= 15 is 0 Å². The van der Waals surface area contributed by atoms with Crippen molar-refractivity contribution in [3.8, 4) is 11.5 Å². The van der Waals surface area contributed by atoms with E-state index in [1.165, 1.54) is 0 Å². The summed E-state index contributed by atoms with van der Waals surface area (Å²) in [5.41, 5.74) is 1.63. The largest absolute Gasteiger partial charge is 0.507 e. The van der Waals surface area contributed by atoms with Crippen molar-refractivity contribution < 1.29 is 24.1 Å². The average Bonchev–Trinajstić information content (AvgIpc) is 2.92. The van der Waals surface area contributed by atoms with Gasteiger partial charge in [0.1, 0.15) is 0 Å². The van der Waals surface area contributed by atoms with Crippen molar-refractivity contribution in [3.05, 3.63) is 23.8 Å². The fraction of sp³-hybridized carbons (Fsp3) is 0.467. The van der Waals surface area contributed by atoms with Crippen LogP contribution in [0.5, 0.6) is 11.5 Å². The first-order chi connectivity index (χ1) is 10.5. The van der Waals surface area contributed by atoms with Crippen LogP contribution in [0, 0.1) is 0 Å². The second-order valence-electron chi connectivity index (χ2n) is 4.90. The molecule has 0 amide bonds. The molecule has 22 heavy (non-hydrogen) atoms. The molecule has 1 N–H and O–H groups in total. The Morgan fingerprint density at radius 3 is 2.68 bits per heavy atom. The van der Waals surface area contributed by atoms with E-state index in [-0.39, 0.29) is 0 Å². The molecule has 1 aliphatic rings. The molecule has 0 bridgehead atoms. The van der Waals surface area contributed by atoms with Crippen molar-refractivity contribution >= 4 is 11.9 Å². The second-order valence-corrected chi connectivity index (χ2v) is 4.90. The highest BCUT2D eigenvalue weighted by Gasteiger charge is 2.27. The van der Waals surface area contributed by atoms with Crippen LogP contribution in [0.15, 0.2) is 23.3 Å². The molecule has 1 saturated heterocycles. The molecule has 1 atom stereocenters. The zero-order chi connectivity index (χ0) is 16.1. The molecule has 7 nitrogen and oxygen atoms in total. The lowest BCUT2D eigenvalue weighted by atomic mass is 10.1. The number of hydrogen-bond donors (Lipinski definition) is 1. The number of nitrogens with zero attached hydrogens (tertiary/aromatic N) is 2. The minimum absolute atomic E-state index is 0.521. The molecular formula is C15H20N2O5. The zero-order valence-corrected chi connectivity index (χ0v) is 12.9. The maximum atomic E-state index is 10.7. The molecule has 0 aromatic heterocycles. The predicted molar refractivity (Wildman–Crippen MR) is 80.6 cm³/mol. The summed E-state index contributed by atoms with van der Waals surface area (Å²) in [5.74, 6) is 1.27. The molecule has 1 aliphatic heterocycles. The fourth-order valence-corrected chi connectivity index (χ4v) is 2.38. The Morgan fingerprint density at radius 1 is 1.32 bits per heavy atom. The third-order valence-corrected chi connectivity index (χ3v) is 3.49. The first kappa shape index (κ1) is 15.9. The van der Waals surface area contributed by atoms with Gasteiger partial charge in [0, 0.05) is 18.5 Å². The van der Waals surface area contributed by atoms with Crippen molar-refractivity contribution in [3.63, 3.8) is 0 Å². The Kier molecular flexibility index (Phi) is 5.08. The zero-order valence-electron chi connectivity index (χ0n) is 12.9. The van der Waals surface area contributed by atoms with Crippen molar-refractivity contribution in [2.75, 3.05) is 20.8 Å². The van der Waals surface area contributed by atoms with Gasteiger partial charge in [-0.2, -0.15) is 5.10 Å². The molecule has 2 rings (SSSR count). The number of methoxy groups -OCH3 is 2. The van der Waals surface area contributed by atoms with E-state index in [1.807, 2.05) is 25.1 Å². The van der Waals surface area contributed by atoms with Crippen molar-refractivity contribution in [2.24, 2.45) is 5.10 Å². The van der Waals surface area contributed by atoms with E-state index in [2.05, 4.69) is 5.10 Å². The van der Waals surface area contributed by atoms with Crippen molar-refractivity contribution in [2.45, 2.75) is 26.0 Å². The molecule has 0 radical (unpaired) electrons. The van der Waals surface area contributed by atoms with Gasteiger partial charge in [0.2, 0.25) is 0 Å². The lowest BCUT2D eigenvalue weighted by molar-refractivity contribution is -0.0125. The number of rotatable bonds is 5. The minimum atomic E-state index is -1.28. The number of carboxylic acid groups (broad SMARTS) is 1. The maximum absolute atomic E-state index is 10.7. The normalized spacial score (nSPS) is 18.2. The molecule has 1 unspecified atom stereocenters. The van der Waals surface area contributed by atoms with Gasteiger partial charge in [0.25, 0.3) is 0 Å². The van der Waals surface area contributed by atoms with Gasteiger partial charge in [-0.1, -0.05) is 0 Å². The number of benzene rings is 1. The van der Waals surface area contributed by atoms with Gasteiger partial charge in [-0.25, -0.2) is 4.79 Å². The summed E-state index contributed by atoms with van der Waals surface area (Å²) in [7, 11) is 3.15. The van der Waals surface area contributed by atoms with E-state index in [4.69, 9.17) is 19.3 Å². The smallest absolute Gasteiger partial charge is 0.493 e. The third-order valence-electron chi connectivity index (χ3n) is 3.49. The summed E-state index contributed by atoms with van der Waals surface area (Å²) in [6, 6.07) is 5.52. The van der Waals surface area contributed by atoms with Gasteiger partial charge in [0.15, 0.2) is 17.7 Å². The second kappa shape index (κ2) is 7.02. The Labute approximate surface area is 129 Å². The van der Waals surface area contributed by atoms with Crippen LogP contribution >= 0.6 is 0 Å². The highest BCUT2D eigenvalue weighted by atomic mass is 16.7. The topological polar surface area (TPSA) is 80.6 Å². The van der Waals surface area contributed by atoms with Crippen molar-refractivity contribution in [1.82, 2.24) is 5.01 Å². The SMILES string of the molecule is COc1ccc(/C(C)=N/N2CCCC2OC(=O)O)cc1OC. The van der Waals surface area contributed by atoms with E-state index in [9.17, 15) is 4.79 Å². The van der Waals surface area contributed by atoms with E-state index < -0.39 is 12.4 Å². The Morgan fingerprint density at radius 2 is 2.05 bits per heavy atom. The molecular weight excluding hydrogens is 288 g/mol. The molecule has 1 heterocycles. The molecule has 7 heteroatoms. The maximum Gasteiger partial charge on any atom is 0.507 e. The van der Waals surface area contributed by atoms with E-state index in [0.717, 1.165) is 17.7 Å². The summed E-state index contributed by atoms with van der Waals surface area (Å²) < 4.78 is 15.3. The molecule has 1 aromatic rings. The van der Waals surface area contributed by atoms with Gasteiger partial charge in [0.05, 0.1) is 19.9 Å². The first-order valence-electron chi connectivity index (χ1n) is 6.99. The summed E-state index contributed by atoms with van der Waals surface area (Å²) in [5, 5.41) is 14.9. The lowest BCUT2D eigenvalue weighted by Gasteiger charge is -2.21. The standard InChI is InChI=1S/C15H20N2O5/c1-10(11-6-7-12(20-2)13(9-11)21-3)16-17-8-4-5-14(17)22-15(18)19/h6-7,9,14H,4-5,8H2,1-3H3,(H,18,19)/b16-10+. The molecule has 0 aliphatic carbocycles. The van der Waals surface area contributed by atoms with E-state index in [1.54, 1.807) is 19.2 Å². The Hall–Kier alpha value is -2.44. The minimum Gasteiger partial charge on any atom is -0.493 e. The van der Waals surface area contributed by atoms with Crippen LogP contribution in [-0.4, -0.2) is 49.0 Å². The predicted octanol–water partition coefficient (Wildman–Crippen LogP) is 2.54. The average molecular weight is 308 g/mol. The van der Waals surface area contributed by atoms with Crippen molar-refractivity contribution in [1.29, 1.82) is 0 Å². The fourth-order valence-electron chi connectivity index (χ4n) is 2.38. The summed E-state index contributed by atoms with van der Waals surface area (Å²) in [6.07, 6.45) is -0.307. The van der Waals surface area contributed by atoms with Gasteiger partial charge < -0.3 is 19.3 Å². The number of carbonyl (C=O) groups is 1. The summed E-state index contributed by atoms with van der Waals surface area (Å²) in [6.45, 7) is 2.53. The monoisotopic (exact) mass is 308 g/mol. The van der Waals surface area contributed by atoms with Crippen LogP contribution in [0.4, 0.5) is 4.79 Å². The number of ether oxygens (including phenoxy) is 3. The Balaban J connectivity index is 2.19. The highest BCUT2D eigenvalue weighted by molar-refractivity contribution is 5.99. The summed E-state index contributed by atoms with van der Waals surface area (Å²) >= 11 is 0. The highest BCUT2D eigenvalue weighted by Crippen LogP contribution is 2.28. The van der Waals surface area contributed by atoms with Crippen LogP contribution in [0.3, 0.4) is 0 Å². The van der Waals surface area contributed by atoms with Crippen LogP contribution in [0.1, 0.15) is 25.3 Å². The molecule has 0 spiro atoms. The molecule has 0 saturated carbocycles. The summed E-state index contributed by atoms with van der Waals surface area (Å²) in [4.78, 5) is 10.7. The lowest BCUT2D eigenvalue weighted by Crippen LogP contribution is -2.29. The number of hydrogen-bond acceptors (Lipinski definition) is 6. The number of hydrazone groups is 1. The quantitative estimate of drug-likeness (QED) is 0.665. The van der Waals surface area contributed by atoms with Gasteiger partial charge in [-0.05, 0) is 31.5 Å². The van der Waals surface area contributed by atoms with E-state index in [0.29, 0.717) is 24.5 Å². The van der Waals surface area contributed by atoms with Gasteiger partial charge in [-0.15, -0.1) is 0 Å². The van der Waals surface area contributed by atoms with Crippen LogP contribution in [0.2, 0.25) is 0 Å². The first-order valence-corrected chi connectivity index (χ1v) is 6.99. The third kappa shape index (κ3) is 3.60. The van der Waals surface area contributed by atoms with Crippen LogP contribution in [-0.2, 0) is 4.74 Å². The van der Waals surface area contributed by atoms with Gasteiger partial charge >= 0.3 is 6.16 Å². The van der Waals surface area contributed by atoms with Gasteiger partial charge in [-0.3, -0.25) is 5.01 Å². The molecule has 120 valence electrons. The molecule has 1 aromatic carbocycles. The molecule has 1 fully saturated rings. The van der Waals surface area contributed by atoms with Crippen LogP contribution < -0.4 is 9.47 Å². The Bertz CT molecular complexity index is 573. The van der Waals surface area contributed by atoms with Crippen LogP contribution in [0.25, 0.3) is 0 Å².